The Morgan fingerprint density at radius 2 is 1.61 bits per heavy atom. The number of phenolic OH excluding ortho intramolecular Hbond substituents is 1. The summed E-state index contributed by atoms with van der Waals surface area (Å²) in [5.41, 5.74) is 4.58. The van der Waals surface area contributed by atoms with E-state index in [1.54, 1.807) is 6.07 Å². The van der Waals surface area contributed by atoms with Gasteiger partial charge in [-0.05, 0) is 46.7 Å². The molecule has 0 radical (unpaired) electrons. The van der Waals surface area contributed by atoms with Crippen LogP contribution < -0.4 is 0 Å². The summed E-state index contributed by atoms with van der Waals surface area (Å²) < 4.78 is 0. The maximum atomic E-state index is 9.99. The maximum absolute atomic E-state index is 9.99. The van der Waals surface area contributed by atoms with E-state index in [2.05, 4.69) is 45.9 Å². The van der Waals surface area contributed by atoms with Gasteiger partial charge in [0.15, 0.2) is 0 Å². The number of hydrogen-bond donors (Lipinski definition) is 1. The van der Waals surface area contributed by atoms with Gasteiger partial charge in [0.25, 0.3) is 0 Å². The van der Waals surface area contributed by atoms with E-state index in [-0.39, 0.29) is 5.41 Å². The van der Waals surface area contributed by atoms with Crippen molar-refractivity contribution in [2.24, 2.45) is 0 Å². The van der Waals surface area contributed by atoms with Crippen molar-refractivity contribution in [1.29, 1.82) is 0 Å². The van der Waals surface area contributed by atoms with Gasteiger partial charge >= 0.3 is 0 Å². The molecule has 0 saturated carbocycles. The minimum Gasteiger partial charge on any atom is -0.508 e. The van der Waals surface area contributed by atoms with Gasteiger partial charge in [-0.1, -0.05) is 51.1 Å². The van der Waals surface area contributed by atoms with Gasteiger partial charge in [-0.2, -0.15) is 0 Å². The molecule has 0 unspecified atom stereocenters. The molecule has 2 aromatic rings. The van der Waals surface area contributed by atoms with E-state index in [1.165, 1.54) is 11.1 Å². The monoisotopic (exact) mass is 240 g/mol. The number of aryl methyl sites for hydroxylation is 1. The lowest BCUT2D eigenvalue weighted by molar-refractivity contribution is 0.447. The highest BCUT2D eigenvalue weighted by Gasteiger charge is 2.18. The third-order valence-electron chi connectivity index (χ3n) is 3.26. The number of hydrogen-bond acceptors (Lipinski definition) is 1. The molecule has 0 aliphatic carbocycles. The first-order chi connectivity index (χ1) is 8.39. The van der Waals surface area contributed by atoms with Gasteiger partial charge in [-0.25, -0.2) is 0 Å². The molecule has 94 valence electrons. The van der Waals surface area contributed by atoms with Crippen molar-refractivity contribution in [3.05, 3.63) is 53.6 Å². The van der Waals surface area contributed by atoms with Gasteiger partial charge in [0, 0.05) is 0 Å². The van der Waals surface area contributed by atoms with Crippen LogP contribution in [0.15, 0.2) is 42.5 Å². The molecule has 0 fully saturated rings. The van der Waals surface area contributed by atoms with Crippen molar-refractivity contribution < 1.29 is 5.11 Å². The summed E-state index contributed by atoms with van der Waals surface area (Å²) >= 11 is 0. The third kappa shape index (κ3) is 2.40. The molecule has 0 amide bonds. The first-order valence-corrected chi connectivity index (χ1v) is 6.29. The molecule has 0 heterocycles. The second kappa shape index (κ2) is 4.49. The van der Waals surface area contributed by atoms with Crippen LogP contribution in [-0.2, 0) is 5.41 Å². The van der Waals surface area contributed by atoms with Crippen LogP contribution in [0.5, 0.6) is 5.75 Å². The quantitative estimate of drug-likeness (QED) is 0.768. The van der Waals surface area contributed by atoms with Crippen LogP contribution in [0.2, 0.25) is 0 Å². The molecule has 0 spiro atoms. The second-order valence-corrected chi connectivity index (χ2v) is 5.80. The van der Waals surface area contributed by atoms with Gasteiger partial charge in [-0.15, -0.1) is 0 Å². The highest BCUT2D eigenvalue weighted by atomic mass is 16.3. The van der Waals surface area contributed by atoms with Crippen molar-refractivity contribution in [2.75, 3.05) is 0 Å². The Balaban J connectivity index is 2.58. The highest BCUT2D eigenvalue weighted by Crippen LogP contribution is 2.34. The maximum Gasteiger partial charge on any atom is 0.119 e. The smallest absolute Gasteiger partial charge is 0.119 e. The summed E-state index contributed by atoms with van der Waals surface area (Å²) in [6.45, 7) is 8.45. The van der Waals surface area contributed by atoms with Crippen molar-refractivity contribution in [3.63, 3.8) is 0 Å². The minimum absolute atomic E-state index is 0.0528. The van der Waals surface area contributed by atoms with Crippen molar-refractivity contribution in [2.45, 2.75) is 33.1 Å². The Bertz CT molecular complexity index is 562. The molecule has 0 aliphatic heterocycles. The summed E-state index contributed by atoms with van der Waals surface area (Å²) in [6.07, 6.45) is 0. The fourth-order valence-electron chi connectivity index (χ4n) is 2.20. The molecular weight excluding hydrogens is 220 g/mol. The predicted molar refractivity (Wildman–Crippen MR) is 77.0 cm³/mol. The van der Waals surface area contributed by atoms with E-state index in [1.807, 2.05) is 18.2 Å². The number of benzene rings is 2. The summed E-state index contributed by atoms with van der Waals surface area (Å²) in [6, 6.07) is 14.2. The minimum atomic E-state index is -0.0528. The Kier molecular flexibility index (Phi) is 3.16. The summed E-state index contributed by atoms with van der Waals surface area (Å²) in [5, 5.41) is 9.99. The lowest BCUT2D eigenvalue weighted by atomic mass is 9.84. The van der Waals surface area contributed by atoms with Crippen LogP contribution >= 0.6 is 0 Å². The second-order valence-electron chi connectivity index (χ2n) is 5.80. The zero-order valence-corrected chi connectivity index (χ0v) is 11.5. The molecular formula is C17H20O. The third-order valence-corrected chi connectivity index (χ3v) is 3.26. The van der Waals surface area contributed by atoms with Crippen molar-refractivity contribution in [3.8, 4) is 16.9 Å². The zero-order valence-electron chi connectivity index (χ0n) is 11.5. The molecule has 1 nitrogen and oxygen atoms in total. The summed E-state index contributed by atoms with van der Waals surface area (Å²) in [4.78, 5) is 0. The van der Waals surface area contributed by atoms with Crippen molar-refractivity contribution >= 4 is 0 Å². The first kappa shape index (κ1) is 12.7. The zero-order chi connectivity index (χ0) is 13.3. The number of phenols is 1. The molecule has 1 N–H and O–H groups in total. The topological polar surface area (TPSA) is 20.2 Å². The lowest BCUT2D eigenvalue weighted by Crippen LogP contribution is -2.11. The van der Waals surface area contributed by atoms with Crippen LogP contribution in [0.1, 0.15) is 31.9 Å². The molecule has 18 heavy (non-hydrogen) atoms. The van der Waals surface area contributed by atoms with Crippen LogP contribution in [0.25, 0.3) is 11.1 Å². The van der Waals surface area contributed by atoms with E-state index in [0.717, 1.165) is 11.1 Å². The van der Waals surface area contributed by atoms with E-state index < -0.39 is 0 Å². The van der Waals surface area contributed by atoms with Crippen LogP contribution in [0.4, 0.5) is 0 Å². The summed E-state index contributed by atoms with van der Waals surface area (Å²) in [7, 11) is 0. The first-order valence-electron chi connectivity index (χ1n) is 6.29. The summed E-state index contributed by atoms with van der Waals surface area (Å²) in [5.74, 6) is 0.375. The normalized spacial score (nSPS) is 11.6. The molecule has 0 atom stereocenters. The van der Waals surface area contributed by atoms with E-state index in [4.69, 9.17) is 0 Å². The van der Waals surface area contributed by atoms with E-state index >= 15 is 0 Å². The lowest BCUT2D eigenvalue weighted by Gasteiger charge is -2.21. The Morgan fingerprint density at radius 3 is 2.22 bits per heavy atom. The highest BCUT2D eigenvalue weighted by molar-refractivity contribution is 5.69. The Hall–Kier alpha value is -1.76. The molecule has 0 bridgehead atoms. The van der Waals surface area contributed by atoms with Gasteiger partial charge < -0.3 is 5.11 Å². The molecule has 0 aliphatic rings. The van der Waals surface area contributed by atoms with Gasteiger partial charge in [0.1, 0.15) is 5.75 Å². The largest absolute Gasteiger partial charge is 0.508 e. The molecule has 0 saturated heterocycles. The van der Waals surface area contributed by atoms with Crippen LogP contribution in [0, 0.1) is 6.92 Å². The molecule has 0 aromatic heterocycles. The SMILES string of the molecule is Cc1ccccc1-c1ccc(O)c(C(C)(C)C)c1. The van der Waals surface area contributed by atoms with Gasteiger partial charge in [0.2, 0.25) is 0 Å². The van der Waals surface area contributed by atoms with Crippen LogP contribution in [0.3, 0.4) is 0 Å². The van der Waals surface area contributed by atoms with Crippen LogP contribution in [-0.4, -0.2) is 5.11 Å². The average molecular weight is 240 g/mol. The average Bonchev–Trinajstić information content (AvgIpc) is 2.29. The molecule has 2 aromatic carbocycles. The Labute approximate surface area is 109 Å². The number of rotatable bonds is 1. The fourth-order valence-corrected chi connectivity index (χ4v) is 2.20. The van der Waals surface area contributed by atoms with E-state index in [9.17, 15) is 5.11 Å². The van der Waals surface area contributed by atoms with E-state index in [0.29, 0.717) is 5.75 Å². The Morgan fingerprint density at radius 1 is 0.944 bits per heavy atom. The standard InChI is InChI=1S/C17H20O/c1-12-7-5-6-8-14(12)13-9-10-16(18)15(11-13)17(2,3)4/h5-11,18H,1-4H3. The molecule has 2 rings (SSSR count). The predicted octanol–water partition coefficient (Wildman–Crippen LogP) is 4.67. The fraction of sp³-hybridized carbons (Fsp3) is 0.294. The van der Waals surface area contributed by atoms with Gasteiger partial charge in [-0.3, -0.25) is 0 Å². The molecule has 1 heteroatoms. The number of aromatic hydroxyl groups is 1. The van der Waals surface area contributed by atoms with Gasteiger partial charge in [0.05, 0.1) is 0 Å². The van der Waals surface area contributed by atoms with Crippen molar-refractivity contribution in [1.82, 2.24) is 0 Å².